The van der Waals surface area contributed by atoms with Crippen LogP contribution in [0.1, 0.15) is 162 Å². The average molecular weight is 782 g/mol. The van der Waals surface area contributed by atoms with Gasteiger partial charge in [0.1, 0.15) is 13.2 Å². The number of nitrogens with zero attached hydrogens (tertiary/aromatic N) is 1. The first-order valence-electron chi connectivity index (χ1n) is 21.6. The predicted octanol–water partition coefficient (Wildman–Crippen LogP) is 10.7. The number of allylic oxidation sites excluding steroid dienone is 5. The molecular formula is C44H82N2O7P+. The summed E-state index contributed by atoms with van der Waals surface area (Å²) >= 11 is 0. The van der Waals surface area contributed by atoms with Crippen molar-refractivity contribution in [3.8, 4) is 0 Å². The summed E-state index contributed by atoms with van der Waals surface area (Å²) < 4.78 is 29.3. The number of nitrogens with one attached hydrogen (secondary N) is 1. The second-order valence-electron chi connectivity index (χ2n) is 16.1. The maximum atomic E-state index is 12.8. The number of likely N-dealkylation sites (N-methyl/N-ethyl adjacent to an activating group) is 1. The van der Waals surface area contributed by atoms with E-state index in [4.69, 9.17) is 13.8 Å². The van der Waals surface area contributed by atoms with Crippen LogP contribution in [0.2, 0.25) is 0 Å². The van der Waals surface area contributed by atoms with Crippen LogP contribution in [0.5, 0.6) is 0 Å². The summed E-state index contributed by atoms with van der Waals surface area (Å²) in [5.41, 5.74) is 0. The van der Waals surface area contributed by atoms with E-state index in [1.54, 1.807) is 6.08 Å². The van der Waals surface area contributed by atoms with E-state index in [0.717, 1.165) is 44.9 Å². The molecule has 1 rings (SSSR count). The standard InChI is InChI=1S/C44H81N2O7P/c1-6-8-10-12-14-15-16-17-18-19-20-22-25-29-33-41(47)40(39-52-54(49,50)51-38-37-46(3,4)5)45-44(48)36-32-28-24-21-23-27-31-35-43-42(53-43)34-30-26-13-11-9-7-2/h21,24,26-27,29-31,33,40-43,47H,6-20,22-23,25,28,32,34-39H2,1-5H3,(H-,45,48,49,50)/p+1/b24-21-,30-26-,31-27-,33-29+/t40-,41+,42?,43?/m0/s1. The van der Waals surface area contributed by atoms with Crippen molar-refractivity contribution < 1.29 is 37.6 Å². The van der Waals surface area contributed by atoms with Crippen LogP contribution in [0.3, 0.4) is 0 Å². The van der Waals surface area contributed by atoms with Gasteiger partial charge in [0.25, 0.3) is 0 Å². The molecule has 1 aliphatic heterocycles. The molecule has 3 unspecified atom stereocenters. The molecule has 1 heterocycles. The van der Waals surface area contributed by atoms with Crippen molar-refractivity contribution in [1.29, 1.82) is 0 Å². The number of carbonyl (C=O) groups excluding carboxylic acids is 1. The van der Waals surface area contributed by atoms with Crippen LogP contribution in [0.4, 0.5) is 0 Å². The van der Waals surface area contributed by atoms with Crippen LogP contribution < -0.4 is 5.32 Å². The fraction of sp³-hybridized carbons (Fsp3) is 0.795. The van der Waals surface area contributed by atoms with Crippen molar-refractivity contribution >= 4 is 13.7 Å². The maximum Gasteiger partial charge on any atom is 0.472 e. The molecule has 1 amide bonds. The number of rotatable bonds is 37. The highest BCUT2D eigenvalue weighted by Gasteiger charge is 2.36. The second-order valence-corrected chi connectivity index (χ2v) is 17.6. The van der Waals surface area contributed by atoms with Gasteiger partial charge in [0.05, 0.1) is 52.1 Å². The van der Waals surface area contributed by atoms with Crippen LogP contribution in [0.25, 0.3) is 0 Å². The molecule has 1 aliphatic rings. The number of ether oxygens (including phenoxy) is 1. The fourth-order valence-corrected chi connectivity index (χ4v) is 6.81. The van der Waals surface area contributed by atoms with Gasteiger partial charge in [0.2, 0.25) is 5.91 Å². The van der Waals surface area contributed by atoms with Crippen LogP contribution in [-0.2, 0) is 23.1 Å². The first kappa shape index (κ1) is 50.4. The number of phosphoric acid groups is 1. The van der Waals surface area contributed by atoms with E-state index in [1.165, 1.54) is 89.9 Å². The van der Waals surface area contributed by atoms with Crippen molar-refractivity contribution in [2.24, 2.45) is 0 Å². The molecule has 3 N–H and O–H groups in total. The Morgan fingerprint density at radius 1 is 0.722 bits per heavy atom. The topological polar surface area (TPSA) is 118 Å². The van der Waals surface area contributed by atoms with Gasteiger partial charge in [-0.15, -0.1) is 0 Å². The van der Waals surface area contributed by atoms with Gasteiger partial charge in [-0.25, -0.2) is 4.57 Å². The zero-order valence-electron chi connectivity index (χ0n) is 35.1. The Morgan fingerprint density at radius 3 is 1.85 bits per heavy atom. The molecule has 0 bridgehead atoms. The molecule has 9 nitrogen and oxygen atoms in total. The van der Waals surface area contributed by atoms with Gasteiger partial charge in [-0.3, -0.25) is 13.8 Å². The summed E-state index contributed by atoms with van der Waals surface area (Å²) in [5, 5.41) is 13.8. The Hall–Kier alpha value is -1.58. The van der Waals surface area contributed by atoms with Gasteiger partial charge in [-0.05, 0) is 57.8 Å². The van der Waals surface area contributed by atoms with Crippen molar-refractivity contribution in [1.82, 2.24) is 5.32 Å². The normalized spacial score (nSPS) is 18.6. The molecule has 0 radical (unpaired) electrons. The lowest BCUT2D eigenvalue weighted by Crippen LogP contribution is -2.45. The van der Waals surface area contributed by atoms with Gasteiger partial charge < -0.3 is 24.5 Å². The van der Waals surface area contributed by atoms with E-state index in [0.29, 0.717) is 29.7 Å². The molecule has 0 saturated carbocycles. The third kappa shape index (κ3) is 31.6. The number of aliphatic hydroxyl groups is 1. The number of aliphatic hydroxyl groups excluding tert-OH is 1. The number of hydrogen-bond acceptors (Lipinski definition) is 6. The van der Waals surface area contributed by atoms with E-state index in [9.17, 15) is 19.4 Å². The molecule has 0 aromatic heterocycles. The van der Waals surface area contributed by atoms with E-state index in [1.807, 2.05) is 27.2 Å². The number of epoxide rings is 1. The van der Waals surface area contributed by atoms with E-state index in [-0.39, 0.29) is 25.5 Å². The van der Waals surface area contributed by atoms with Crippen molar-refractivity contribution in [2.45, 2.75) is 186 Å². The number of quaternary nitrogens is 1. The molecule has 0 aliphatic carbocycles. The average Bonchev–Trinajstić information content (AvgIpc) is 3.87. The minimum Gasteiger partial charge on any atom is -0.387 e. The minimum atomic E-state index is -4.35. The lowest BCUT2D eigenvalue weighted by Gasteiger charge is -2.25. The number of hydrogen-bond donors (Lipinski definition) is 3. The summed E-state index contributed by atoms with van der Waals surface area (Å²) in [6, 6.07) is -0.879. The SMILES string of the molecule is CCCCC/C=C\CC1OC1C/C=C\C/C=C\CCCC(=O)N[C@@H](COP(=O)(O)OCC[N+](C)(C)C)[C@H](O)/C=C/CCCCCCCCCCCCCC. The highest BCUT2D eigenvalue weighted by Crippen LogP contribution is 2.43. The van der Waals surface area contributed by atoms with Gasteiger partial charge in [-0.1, -0.05) is 146 Å². The Balaban J connectivity index is 2.39. The molecule has 54 heavy (non-hydrogen) atoms. The third-order valence-electron chi connectivity index (χ3n) is 9.70. The molecule has 10 heteroatoms. The number of phosphoric ester groups is 1. The molecule has 314 valence electrons. The van der Waals surface area contributed by atoms with Crippen LogP contribution in [0, 0.1) is 0 Å². The summed E-state index contributed by atoms with van der Waals surface area (Å²) in [4.78, 5) is 23.1. The maximum absolute atomic E-state index is 12.8. The minimum absolute atomic E-state index is 0.0473. The summed E-state index contributed by atoms with van der Waals surface area (Å²) in [7, 11) is 1.52. The Kier molecular flexibility index (Phi) is 30.4. The molecule has 1 fully saturated rings. The zero-order chi connectivity index (χ0) is 39.8. The van der Waals surface area contributed by atoms with Gasteiger partial charge in [-0.2, -0.15) is 0 Å². The van der Waals surface area contributed by atoms with Gasteiger partial charge in [0.15, 0.2) is 0 Å². The fourth-order valence-electron chi connectivity index (χ4n) is 6.07. The zero-order valence-corrected chi connectivity index (χ0v) is 36.0. The van der Waals surface area contributed by atoms with Crippen LogP contribution >= 0.6 is 7.82 Å². The molecule has 1 saturated heterocycles. The monoisotopic (exact) mass is 782 g/mol. The molecule has 0 aromatic carbocycles. The first-order chi connectivity index (χ1) is 26.0. The molecular weight excluding hydrogens is 699 g/mol. The third-order valence-corrected chi connectivity index (χ3v) is 10.7. The Bertz CT molecular complexity index is 1090. The van der Waals surface area contributed by atoms with Gasteiger partial charge in [0, 0.05) is 6.42 Å². The summed E-state index contributed by atoms with van der Waals surface area (Å²) in [6.45, 7) is 4.71. The smallest absolute Gasteiger partial charge is 0.387 e. The first-order valence-corrected chi connectivity index (χ1v) is 23.1. The van der Waals surface area contributed by atoms with Crippen molar-refractivity contribution in [3.05, 3.63) is 48.6 Å². The highest BCUT2D eigenvalue weighted by molar-refractivity contribution is 7.47. The summed E-state index contributed by atoms with van der Waals surface area (Å²) in [5.74, 6) is -0.237. The Morgan fingerprint density at radius 2 is 1.22 bits per heavy atom. The quantitative estimate of drug-likeness (QED) is 0.0189. The van der Waals surface area contributed by atoms with E-state index >= 15 is 0 Å². The number of amides is 1. The number of unbranched alkanes of at least 4 members (excludes halogenated alkanes) is 16. The lowest BCUT2D eigenvalue weighted by atomic mass is 10.0. The molecule has 0 aromatic rings. The Labute approximate surface area is 331 Å². The van der Waals surface area contributed by atoms with E-state index in [2.05, 4.69) is 55.6 Å². The van der Waals surface area contributed by atoms with E-state index < -0.39 is 20.0 Å². The molecule has 5 atom stereocenters. The summed E-state index contributed by atoms with van der Waals surface area (Å²) in [6.07, 6.45) is 42.1. The molecule has 0 spiro atoms. The largest absolute Gasteiger partial charge is 0.472 e. The van der Waals surface area contributed by atoms with Crippen molar-refractivity contribution in [3.63, 3.8) is 0 Å². The van der Waals surface area contributed by atoms with Crippen LogP contribution in [-0.4, -0.2) is 85.6 Å². The predicted molar refractivity (Wildman–Crippen MR) is 225 cm³/mol. The van der Waals surface area contributed by atoms with Gasteiger partial charge >= 0.3 is 7.82 Å². The van der Waals surface area contributed by atoms with Crippen LogP contribution in [0.15, 0.2) is 48.6 Å². The lowest BCUT2D eigenvalue weighted by molar-refractivity contribution is -0.870. The number of carbonyl (C=O) groups is 1. The highest BCUT2D eigenvalue weighted by atomic mass is 31.2. The van der Waals surface area contributed by atoms with Crippen molar-refractivity contribution in [2.75, 3.05) is 40.9 Å². The second kappa shape index (κ2) is 32.5.